The molecule has 0 amide bonds. The second-order valence-electron chi connectivity index (χ2n) is 6.32. The highest BCUT2D eigenvalue weighted by Crippen LogP contribution is 2.35. The van der Waals surface area contributed by atoms with Crippen molar-refractivity contribution in [3.05, 3.63) is 12.2 Å². The van der Waals surface area contributed by atoms with E-state index >= 15 is 0 Å². The van der Waals surface area contributed by atoms with Gasteiger partial charge < -0.3 is 0 Å². The molecule has 1 heterocycles. The van der Waals surface area contributed by atoms with E-state index in [1.165, 1.54) is 0 Å². The molecule has 3 heteroatoms. The molecule has 0 aliphatic carbocycles. The molecule has 0 aromatic rings. The van der Waals surface area contributed by atoms with Crippen molar-refractivity contribution >= 4 is 10.1 Å². The molecule has 1 aliphatic rings. The fourth-order valence-electron chi connectivity index (χ4n) is 2.17. The standard InChI is InChI=1S/C12H25NOS/c1-11(2)7-8-12(3,4)10-15(14,9-11)13(5)6/h7-8,15H,9-10H2,1-6H3. The topological polar surface area (TPSA) is 20.3 Å². The zero-order chi connectivity index (χ0) is 11.9. The molecule has 0 radical (unpaired) electrons. The molecule has 1 rings (SSSR count). The van der Waals surface area contributed by atoms with Crippen molar-refractivity contribution in [1.29, 1.82) is 0 Å². The van der Waals surface area contributed by atoms with Gasteiger partial charge in [-0.15, -0.1) is 0 Å². The smallest absolute Gasteiger partial charge is 0.0216 e. The first-order valence-corrected chi connectivity index (χ1v) is 7.56. The molecule has 0 aromatic carbocycles. The Morgan fingerprint density at radius 3 is 1.60 bits per heavy atom. The van der Waals surface area contributed by atoms with Gasteiger partial charge in [-0.2, -0.15) is 0 Å². The quantitative estimate of drug-likeness (QED) is 0.541. The molecule has 2 nitrogen and oxygen atoms in total. The molecule has 0 saturated carbocycles. The summed E-state index contributed by atoms with van der Waals surface area (Å²) >= 11 is 0. The minimum Gasteiger partial charge on any atom is -0.271 e. The number of rotatable bonds is 1. The predicted molar refractivity (Wildman–Crippen MR) is 69.7 cm³/mol. The summed E-state index contributed by atoms with van der Waals surface area (Å²) in [6.45, 7) is 8.67. The van der Waals surface area contributed by atoms with Gasteiger partial charge in [0.1, 0.15) is 0 Å². The van der Waals surface area contributed by atoms with Gasteiger partial charge in [0, 0.05) is 11.5 Å². The van der Waals surface area contributed by atoms with Crippen LogP contribution >= 0.6 is 0 Å². The van der Waals surface area contributed by atoms with Crippen molar-refractivity contribution in [2.24, 2.45) is 10.8 Å². The second kappa shape index (κ2) is 3.70. The molecule has 0 N–H and O–H groups in total. The molecule has 0 atom stereocenters. The molecule has 15 heavy (non-hydrogen) atoms. The number of thiol groups is 1. The average Bonchev–Trinajstić information content (AvgIpc) is 2.06. The molecule has 0 unspecified atom stereocenters. The molecular formula is C12H25NOS. The van der Waals surface area contributed by atoms with Crippen LogP contribution in [-0.2, 0) is 10.1 Å². The molecule has 0 spiro atoms. The zero-order valence-electron chi connectivity index (χ0n) is 10.9. The van der Waals surface area contributed by atoms with Gasteiger partial charge in [0.15, 0.2) is 0 Å². The van der Waals surface area contributed by atoms with Crippen LogP contribution in [0.5, 0.6) is 0 Å². The Labute approximate surface area is 95.3 Å². The van der Waals surface area contributed by atoms with Crippen molar-refractivity contribution in [2.45, 2.75) is 27.7 Å². The number of allylic oxidation sites excluding steroid dienone is 2. The van der Waals surface area contributed by atoms with E-state index in [2.05, 4.69) is 39.8 Å². The van der Waals surface area contributed by atoms with Crippen molar-refractivity contribution in [1.82, 2.24) is 4.31 Å². The normalized spacial score (nSPS) is 29.8. The molecule has 0 saturated heterocycles. The SMILES string of the molecule is CN(C)[SH]1(=O)CC(C)(C)C=CC(C)(C)C1. The van der Waals surface area contributed by atoms with E-state index in [-0.39, 0.29) is 10.8 Å². The molecular weight excluding hydrogens is 206 g/mol. The fourth-order valence-corrected chi connectivity index (χ4v) is 5.60. The Balaban J connectivity index is 3.11. The van der Waals surface area contributed by atoms with Gasteiger partial charge in [0.25, 0.3) is 0 Å². The molecule has 0 bridgehead atoms. The lowest BCUT2D eigenvalue weighted by atomic mass is 9.89. The van der Waals surface area contributed by atoms with Crippen LogP contribution in [0.3, 0.4) is 0 Å². The first kappa shape index (κ1) is 12.9. The lowest BCUT2D eigenvalue weighted by molar-refractivity contribution is 0.508. The van der Waals surface area contributed by atoms with Gasteiger partial charge in [0.2, 0.25) is 0 Å². The van der Waals surface area contributed by atoms with Gasteiger partial charge in [-0.25, -0.2) is 0 Å². The van der Waals surface area contributed by atoms with Gasteiger partial charge in [-0.05, 0) is 24.9 Å². The van der Waals surface area contributed by atoms with Gasteiger partial charge >= 0.3 is 0 Å². The number of nitrogens with zero attached hydrogens (tertiary/aromatic N) is 1. The fraction of sp³-hybridized carbons (Fsp3) is 0.833. The average molecular weight is 231 g/mol. The maximum Gasteiger partial charge on any atom is 0.0216 e. The Hall–Kier alpha value is -0.150. The van der Waals surface area contributed by atoms with Crippen molar-refractivity contribution in [2.75, 3.05) is 25.6 Å². The van der Waals surface area contributed by atoms with Crippen molar-refractivity contribution in [3.8, 4) is 0 Å². The third-order valence-corrected chi connectivity index (χ3v) is 7.10. The van der Waals surface area contributed by atoms with Crippen LogP contribution in [-0.4, -0.2) is 34.1 Å². The van der Waals surface area contributed by atoms with Crippen LogP contribution in [0, 0.1) is 10.8 Å². The predicted octanol–water partition coefficient (Wildman–Crippen LogP) is 2.10. The monoisotopic (exact) mass is 231 g/mol. The molecule has 0 aromatic heterocycles. The summed E-state index contributed by atoms with van der Waals surface area (Å²) in [5.74, 6) is 1.57. The van der Waals surface area contributed by atoms with Gasteiger partial charge in [-0.3, -0.25) is 8.51 Å². The summed E-state index contributed by atoms with van der Waals surface area (Å²) in [4.78, 5) is 0. The maximum absolute atomic E-state index is 12.9. The Morgan fingerprint density at radius 1 is 1.00 bits per heavy atom. The van der Waals surface area contributed by atoms with E-state index in [9.17, 15) is 4.21 Å². The van der Waals surface area contributed by atoms with E-state index < -0.39 is 10.1 Å². The summed E-state index contributed by atoms with van der Waals surface area (Å²) < 4.78 is 14.8. The third kappa shape index (κ3) is 3.15. The third-order valence-electron chi connectivity index (χ3n) is 3.02. The van der Waals surface area contributed by atoms with Crippen molar-refractivity contribution in [3.63, 3.8) is 0 Å². The lowest BCUT2D eigenvalue weighted by Crippen LogP contribution is -2.42. The highest BCUT2D eigenvalue weighted by molar-refractivity contribution is 8.00. The first-order valence-electron chi connectivity index (χ1n) is 5.53. The van der Waals surface area contributed by atoms with Crippen LogP contribution in [0.2, 0.25) is 0 Å². The zero-order valence-corrected chi connectivity index (χ0v) is 11.8. The molecule has 1 aliphatic heterocycles. The highest BCUT2D eigenvalue weighted by atomic mass is 32.3. The summed E-state index contributed by atoms with van der Waals surface area (Å²) in [6, 6.07) is 0. The van der Waals surface area contributed by atoms with E-state index in [1.807, 2.05) is 18.4 Å². The van der Waals surface area contributed by atoms with Crippen LogP contribution < -0.4 is 0 Å². The van der Waals surface area contributed by atoms with Crippen molar-refractivity contribution < 1.29 is 4.21 Å². The van der Waals surface area contributed by atoms with Gasteiger partial charge in [-0.1, -0.05) is 50.0 Å². The van der Waals surface area contributed by atoms with E-state index in [4.69, 9.17) is 0 Å². The number of hydrogen-bond donors (Lipinski definition) is 1. The highest BCUT2D eigenvalue weighted by Gasteiger charge is 2.35. The largest absolute Gasteiger partial charge is 0.271 e. The minimum atomic E-state index is -2.20. The van der Waals surface area contributed by atoms with E-state index in [1.54, 1.807) is 0 Å². The van der Waals surface area contributed by atoms with Crippen LogP contribution in [0.1, 0.15) is 27.7 Å². The Bertz CT molecular complexity index is 292. The van der Waals surface area contributed by atoms with E-state index in [0.29, 0.717) is 0 Å². The summed E-state index contributed by atoms with van der Waals surface area (Å²) in [5.41, 5.74) is 0.0983. The number of hydrogen-bond acceptors (Lipinski definition) is 1. The molecule has 90 valence electrons. The minimum absolute atomic E-state index is 0.0492. The van der Waals surface area contributed by atoms with E-state index in [0.717, 1.165) is 11.5 Å². The van der Waals surface area contributed by atoms with Crippen LogP contribution in [0.15, 0.2) is 12.2 Å². The molecule has 0 fully saturated rings. The van der Waals surface area contributed by atoms with Crippen LogP contribution in [0.4, 0.5) is 0 Å². The van der Waals surface area contributed by atoms with Crippen LogP contribution in [0.25, 0.3) is 0 Å². The summed E-state index contributed by atoms with van der Waals surface area (Å²) in [5, 5.41) is 0. The second-order valence-corrected chi connectivity index (χ2v) is 9.45. The maximum atomic E-state index is 12.9. The van der Waals surface area contributed by atoms with Gasteiger partial charge in [0.05, 0.1) is 0 Å². The summed E-state index contributed by atoms with van der Waals surface area (Å²) in [6.07, 6.45) is 4.46. The lowest BCUT2D eigenvalue weighted by Gasteiger charge is -2.37. The Kier molecular flexibility index (Phi) is 3.19. The Morgan fingerprint density at radius 2 is 1.33 bits per heavy atom. The first-order chi connectivity index (χ1) is 6.56. The summed E-state index contributed by atoms with van der Waals surface area (Å²) in [7, 11) is 1.68.